The largest absolute Gasteiger partial charge is 0.394 e. The fourth-order valence-electron chi connectivity index (χ4n) is 1.26. The number of aliphatic hydroxyl groups is 1. The van der Waals surface area contributed by atoms with Crippen LogP contribution in [0.1, 0.15) is 26.7 Å². The van der Waals surface area contributed by atoms with Gasteiger partial charge in [0.2, 0.25) is 0 Å². The lowest BCUT2D eigenvalue weighted by atomic mass is 9.89. The van der Waals surface area contributed by atoms with E-state index in [2.05, 4.69) is 6.07 Å². The summed E-state index contributed by atoms with van der Waals surface area (Å²) in [5.74, 6) is 0. The van der Waals surface area contributed by atoms with Crippen LogP contribution in [0.2, 0.25) is 0 Å². The zero-order valence-corrected chi connectivity index (χ0v) is 7.63. The van der Waals surface area contributed by atoms with E-state index in [1.165, 1.54) is 0 Å². The van der Waals surface area contributed by atoms with Gasteiger partial charge in [-0.15, -0.1) is 0 Å². The summed E-state index contributed by atoms with van der Waals surface area (Å²) in [7, 11) is 0. The summed E-state index contributed by atoms with van der Waals surface area (Å²) in [6.07, 6.45) is 2.09. The minimum Gasteiger partial charge on any atom is -0.394 e. The fourth-order valence-corrected chi connectivity index (χ4v) is 1.26. The van der Waals surface area contributed by atoms with Gasteiger partial charge >= 0.3 is 0 Å². The number of hydrogen-bond acceptors (Lipinski definition) is 3. The summed E-state index contributed by atoms with van der Waals surface area (Å²) in [4.78, 5) is 0. The van der Waals surface area contributed by atoms with E-state index in [-0.39, 0.29) is 18.6 Å². The molecule has 0 heterocycles. The second-order valence-electron chi connectivity index (χ2n) is 3.78. The normalized spacial score (nSPS) is 24.2. The van der Waals surface area contributed by atoms with Gasteiger partial charge in [0, 0.05) is 5.41 Å². The first-order valence-electron chi connectivity index (χ1n) is 4.24. The van der Waals surface area contributed by atoms with E-state index >= 15 is 0 Å². The van der Waals surface area contributed by atoms with Gasteiger partial charge in [-0.25, -0.2) is 0 Å². The van der Waals surface area contributed by atoms with Crippen molar-refractivity contribution in [3.63, 3.8) is 0 Å². The van der Waals surface area contributed by atoms with Crippen molar-refractivity contribution < 1.29 is 9.84 Å². The summed E-state index contributed by atoms with van der Waals surface area (Å²) in [5.41, 5.74) is -0.702. The molecule has 1 rings (SSSR count). The lowest BCUT2D eigenvalue weighted by Crippen LogP contribution is -2.37. The maximum absolute atomic E-state index is 8.93. The van der Waals surface area contributed by atoms with Crippen molar-refractivity contribution in [3.05, 3.63) is 0 Å². The Labute approximate surface area is 73.0 Å². The van der Waals surface area contributed by atoms with Gasteiger partial charge in [-0.1, -0.05) is 6.92 Å². The molecule has 1 unspecified atom stereocenters. The Morgan fingerprint density at radius 3 is 2.58 bits per heavy atom. The minimum absolute atomic E-state index is 0.0108. The van der Waals surface area contributed by atoms with E-state index in [1.54, 1.807) is 6.92 Å². The SMILES string of the molecule is CC1(C(C)(C#N)OCCO)CC1. The number of nitrogens with zero attached hydrogens (tertiary/aromatic N) is 1. The predicted octanol–water partition coefficient (Wildman–Crippen LogP) is 1.08. The van der Waals surface area contributed by atoms with E-state index < -0.39 is 5.60 Å². The van der Waals surface area contributed by atoms with Crippen LogP contribution >= 0.6 is 0 Å². The van der Waals surface area contributed by atoms with Crippen molar-refractivity contribution in [2.24, 2.45) is 5.41 Å². The third-order valence-electron chi connectivity index (χ3n) is 2.85. The molecule has 1 aliphatic carbocycles. The first-order valence-corrected chi connectivity index (χ1v) is 4.24. The van der Waals surface area contributed by atoms with Crippen molar-refractivity contribution in [1.82, 2.24) is 0 Å². The van der Waals surface area contributed by atoms with E-state index in [0.29, 0.717) is 0 Å². The molecule has 0 spiro atoms. The van der Waals surface area contributed by atoms with Crippen LogP contribution in [0, 0.1) is 16.7 Å². The van der Waals surface area contributed by atoms with E-state index in [9.17, 15) is 0 Å². The molecule has 0 amide bonds. The molecular formula is C9H15NO2. The Hall–Kier alpha value is -0.590. The third-order valence-corrected chi connectivity index (χ3v) is 2.85. The molecule has 0 aromatic heterocycles. The molecule has 3 nitrogen and oxygen atoms in total. The van der Waals surface area contributed by atoms with Gasteiger partial charge in [0.15, 0.2) is 5.60 Å². The highest BCUT2D eigenvalue weighted by atomic mass is 16.5. The molecule has 68 valence electrons. The van der Waals surface area contributed by atoms with Crippen LogP contribution in [0.3, 0.4) is 0 Å². The molecule has 1 atom stereocenters. The molecule has 12 heavy (non-hydrogen) atoms. The smallest absolute Gasteiger partial charge is 0.156 e. The molecule has 1 saturated carbocycles. The summed E-state index contributed by atoms with van der Waals surface area (Å²) in [5, 5.41) is 17.5. The van der Waals surface area contributed by atoms with Crippen LogP contribution in [0.5, 0.6) is 0 Å². The van der Waals surface area contributed by atoms with Gasteiger partial charge in [0.05, 0.1) is 19.3 Å². The summed E-state index contributed by atoms with van der Waals surface area (Å²) in [6, 6.07) is 2.18. The summed E-state index contributed by atoms with van der Waals surface area (Å²) < 4.78 is 5.34. The van der Waals surface area contributed by atoms with Crippen molar-refractivity contribution in [1.29, 1.82) is 5.26 Å². The third kappa shape index (κ3) is 1.45. The number of hydrogen-bond donors (Lipinski definition) is 1. The lowest BCUT2D eigenvalue weighted by Gasteiger charge is -2.28. The van der Waals surface area contributed by atoms with Crippen molar-refractivity contribution >= 4 is 0 Å². The number of ether oxygens (including phenoxy) is 1. The van der Waals surface area contributed by atoms with Gasteiger partial charge in [0.25, 0.3) is 0 Å². The second-order valence-corrected chi connectivity index (χ2v) is 3.78. The average molecular weight is 169 g/mol. The van der Waals surface area contributed by atoms with Crippen LogP contribution in [0.25, 0.3) is 0 Å². The van der Waals surface area contributed by atoms with Crippen molar-refractivity contribution in [2.45, 2.75) is 32.3 Å². The van der Waals surface area contributed by atoms with Crippen molar-refractivity contribution in [3.8, 4) is 6.07 Å². The number of nitriles is 1. The Balaban J connectivity index is 2.58. The van der Waals surface area contributed by atoms with Crippen LogP contribution < -0.4 is 0 Å². The number of rotatable bonds is 4. The molecule has 0 aromatic rings. The van der Waals surface area contributed by atoms with E-state index in [1.807, 2.05) is 6.92 Å². The van der Waals surface area contributed by atoms with Gasteiger partial charge in [-0.05, 0) is 19.8 Å². The maximum Gasteiger partial charge on any atom is 0.156 e. The van der Waals surface area contributed by atoms with E-state index in [0.717, 1.165) is 12.8 Å². The van der Waals surface area contributed by atoms with Gasteiger partial charge in [-0.2, -0.15) is 5.26 Å². The van der Waals surface area contributed by atoms with Crippen LogP contribution in [-0.4, -0.2) is 23.9 Å². The topological polar surface area (TPSA) is 53.2 Å². The zero-order chi connectivity index (χ0) is 9.24. The lowest BCUT2D eigenvalue weighted by molar-refractivity contribution is -0.0493. The molecule has 1 fully saturated rings. The van der Waals surface area contributed by atoms with Crippen LogP contribution in [0.15, 0.2) is 0 Å². The first-order chi connectivity index (χ1) is 5.58. The quantitative estimate of drug-likeness (QED) is 0.685. The first kappa shape index (κ1) is 9.50. The summed E-state index contributed by atoms with van der Waals surface area (Å²) >= 11 is 0. The van der Waals surface area contributed by atoms with Gasteiger partial charge in [0.1, 0.15) is 0 Å². The van der Waals surface area contributed by atoms with Gasteiger partial charge in [-0.3, -0.25) is 0 Å². The standard InChI is InChI=1S/C9H15NO2/c1-8(3-4-8)9(2,7-10)12-6-5-11/h11H,3-6H2,1-2H3. The highest BCUT2D eigenvalue weighted by molar-refractivity contribution is 5.15. The molecule has 0 radical (unpaired) electrons. The highest BCUT2D eigenvalue weighted by Gasteiger charge is 2.54. The van der Waals surface area contributed by atoms with Crippen molar-refractivity contribution in [2.75, 3.05) is 13.2 Å². The Morgan fingerprint density at radius 2 is 2.25 bits per heavy atom. The molecule has 1 aliphatic rings. The Kier molecular flexibility index (Phi) is 2.41. The predicted molar refractivity (Wildman–Crippen MR) is 44.4 cm³/mol. The fraction of sp³-hybridized carbons (Fsp3) is 0.889. The molecule has 3 heteroatoms. The number of aliphatic hydroxyl groups excluding tert-OH is 1. The molecular weight excluding hydrogens is 154 g/mol. The molecule has 0 saturated heterocycles. The Morgan fingerprint density at radius 1 is 1.67 bits per heavy atom. The maximum atomic E-state index is 8.93. The second kappa shape index (κ2) is 3.04. The highest BCUT2D eigenvalue weighted by Crippen LogP contribution is 2.54. The van der Waals surface area contributed by atoms with Gasteiger partial charge < -0.3 is 9.84 Å². The Bertz CT molecular complexity index is 205. The molecule has 0 aliphatic heterocycles. The molecule has 0 aromatic carbocycles. The minimum atomic E-state index is -0.713. The van der Waals surface area contributed by atoms with E-state index in [4.69, 9.17) is 15.1 Å². The van der Waals surface area contributed by atoms with Crippen LogP contribution in [0.4, 0.5) is 0 Å². The summed E-state index contributed by atoms with van der Waals surface area (Å²) in [6.45, 7) is 4.08. The van der Waals surface area contributed by atoms with Crippen LogP contribution in [-0.2, 0) is 4.74 Å². The molecule has 0 bridgehead atoms. The average Bonchev–Trinajstić information content (AvgIpc) is 2.81. The zero-order valence-electron chi connectivity index (χ0n) is 7.63. The monoisotopic (exact) mass is 169 g/mol. The molecule has 1 N–H and O–H groups in total.